The predicted molar refractivity (Wildman–Crippen MR) is 85.7 cm³/mol. The Morgan fingerprint density at radius 1 is 0.963 bits per heavy atom. The predicted octanol–water partition coefficient (Wildman–Crippen LogP) is 4.49. The first-order valence-electron chi connectivity index (χ1n) is 7.45. The fourth-order valence-electron chi connectivity index (χ4n) is 2.59. The van der Waals surface area contributed by atoms with Gasteiger partial charge in [0, 0.05) is 0 Å². The van der Waals surface area contributed by atoms with Gasteiger partial charge in [0.05, 0.1) is 12.7 Å². The smallest absolute Gasteiger partial charge is 0.400 e. The maximum Gasteiger partial charge on any atom is 0.400 e. The third kappa shape index (κ3) is 3.77. The molecular weight excluding hydrogens is 395 g/mol. The lowest BCUT2D eigenvalue weighted by Gasteiger charge is -2.20. The van der Waals surface area contributed by atoms with Crippen LogP contribution in [0.25, 0.3) is 0 Å². The van der Waals surface area contributed by atoms with Crippen molar-refractivity contribution >= 4 is 10.1 Å². The van der Waals surface area contributed by atoms with Crippen LogP contribution in [0.2, 0.25) is 0 Å². The molecule has 0 aliphatic rings. The Balaban J connectivity index is 2.57. The van der Waals surface area contributed by atoms with Crippen molar-refractivity contribution < 1.29 is 39.3 Å². The lowest BCUT2D eigenvalue weighted by molar-refractivity contribution is -0.184. The van der Waals surface area contributed by atoms with E-state index in [4.69, 9.17) is 4.74 Å². The van der Waals surface area contributed by atoms with Crippen LogP contribution in [0.15, 0.2) is 23.1 Å². The van der Waals surface area contributed by atoms with Crippen molar-refractivity contribution in [2.45, 2.75) is 31.8 Å². The summed E-state index contributed by atoms with van der Waals surface area (Å²) in [6, 6.07) is 1.77. The van der Waals surface area contributed by atoms with Crippen molar-refractivity contribution in [2.75, 3.05) is 7.11 Å². The molecule has 0 aromatic heterocycles. The van der Waals surface area contributed by atoms with Crippen LogP contribution in [0.3, 0.4) is 0 Å². The van der Waals surface area contributed by atoms with Gasteiger partial charge in [0.25, 0.3) is 0 Å². The van der Waals surface area contributed by atoms with Crippen molar-refractivity contribution in [2.24, 2.45) is 0 Å². The Morgan fingerprint density at radius 3 is 2.11 bits per heavy atom. The van der Waals surface area contributed by atoms with Gasteiger partial charge in [-0.2, -0.15) is 21.4 Å². The van der Waals surface area contributed by atoms with Crippen molar-refractivity contribution in [1.29, 1.82) is 0 Å². The summed E-state index contributed by atoms with van der Waals surface area (Å²) in [6.07, 6.45) is -4.77. The van der Waals surface area contributed by atoms with E-state index in [-0.39, 0.29) is 23.3 Å². The molecule has 2 rings (SSSR count). The van der Waals surface area contributed by atoms with Gasteiger partial charge in [-0.15, -0.1) is 0 Å². The van der Waals surface area contributed by atoms with Crippen LogP contribution in [0.5, 0.6) is 5.75 Å². The Bertz CT molecular complexity index is 1000. The van der Waals surface area contributed by atoms with Crippen LogP contribution in [0.4, 0.5) is 22.0 Å². The van der Waals surface area contributed by atoms with Crippen molar-refractivity contribution in [1.82, 2.24) is 0 Å². The highest BCUT2D eigenvalue weighted by molar-refractivity contribution is 7.86. The highest BCUT2D eigenvalue weighted by Crippen LogP contribution is 2.38. The van der Waals surface area contributed by atoms with E-state index >= 15 is 0 Å². The molecule has 0 N–H and O–H groups in total. The number of ether oxygens (including phenoxy) is 1. The van der Waals surface area contributed by atoms with Gasteiger partial charge in [-0.25, -0.2) is 13.2 Å². The number of hydrogen-bond donors (Lipinski definition) is 0. The molecular formula is C17H15F5O4S. The summed E-state index contributed by atoms with van der Waals surface area (Å²) in [5.41, 5.74) is -1.23. The van der Waals surface area contributed by atoms with Crippen molar-refractivity contribution in [3.05, 3.63) is 57.9 Å². The number of aryl methyl sites for hydroxylation is 1. The number of hydrogen-bond acceptors (Lipinski definition) is 4. The van der Waals surface area contributed by atoms with E-state index < -0.39 is 44.1 Å². The van der Waals surface area contributed by atoms with Crippen molar-refractivity contribution in [3.63, 3.8) is 0 Å². The normalized spacial score (nSPS) is 12.3. The Hall–Kier alpha value is -2.20. The number of methoxy groups -OCH3 is 1. The molecule has 4 nitrogen and oxygen atoms in total. The van der Waals surface area contributed by atoms with E-state index in [1.54, 1.807) is 0 Å². The molecule has 0 unspecified atom stereocenters. The highest BCUT2D eigenvalue weighted by atomic mass is 32.2. The molecule has 0 amide bonds. The third-order valence-corrected chi connectivity index (χ3v) is 5.57. The molecule has 0 spiro atoms. The van der Waals surface area contributed by atoms with Crippen LogP contribution < -0.4 is 4.74 Å². The average Bonchev–Trinajstić information content (AvgIpc) is 2.54. The van der Waals surface area contributed by atoms with Gasteiger partial charge in [0.15, 0.2) is 17.5 Å². The molecule has 0 bridgehead atoms. The zero-order chi connectivity index (χ0) is 20.7. The summed E-state index contributed by atoms with van der Waals surface area (Å²) in [5, 5.41) is 0. The number of benzene rings is 2. The van der Waals surface area contributed by atoms with Crippen LogP contribution >= 0.6 is 0 Å². The van der Waals surface area contributed by atoms with E-state index in [0.717, 1.165) is 0 Å². The standard InChI is InChI=1S/C17H15F5O4S/c1-8-7-13(25-4)9(2)10(3)16(8)27(23,24)26-17(21,22)11-5-6-12(18)15(20)14(11)19/h5-7H,1-4H3. The minimum atomic E-state index is -5.10. The summed E-state index contributed by atoms with van der Waals surface area (Å²) >= 11 is 0. The van der Waals surface area contributed by atoms with Gasteiger partial charge in [-0.3, -0.25) is 0 Å². The summed E-state index contributed by atoms with van der Waals surface area (Å²) in [4.78, 5) is -0.552. The zero-order valence-electron chi connectivity index (χ0n) is 14.7. The second kappa shape index (κ2) is 7.08. The molecule has 0 radical (unpaired) electrons. The zero-order valence-corrected chi connectivity index (χ0v) is 15.5. The minimum absolute atomic E-state index is 0.0523. The molecule has 0 aliphatic carbocycles. The SMILES string of the molecule is COc1cc(C)c(S(=O)(=O)OC(F)(F)c2ccc(F)c(F)c2F)c(C)c1C. The van der Waals surface area contributed by atoms with Crippen LogP contribution in [-0.2, 0) is 20.4 Å². The number of halogens is 5. The second-order valence-electron chi connectivity index (χ2n) is 5.75. The Labute approximate surface area is 152 Å². The topological polar surface area (TPSA) is 52.6 Å². The van der Waals surface area contributed by atoms with Crippen molar-refractivity contribution in [3.8, 4) is 5.75 Å². The summed E-state index contributed by atoms with van der Waals surface area (Å²) < 4.78 is 102. The van der Waals surface area contributed by atoms with Gasteiger partial charge < -0.3 is 4.74 Å². The van der Waals surface area contributed by atoms with E-state index in [1.165, 1.54) is 33.9 Å². The number of rotatable bonds is 5. The van der Waals surface area contributed by atoms with Gasteiger partial charge in [0.2, 0.25) is 0 Å². The van der Waals surface area contributed by atoms with Gasteiger partial charge in [-0.05, 0) is 55.7 Å². The molecule has 10 heteroatoms. The third-order valence-electron chi connectivity index (χ3n) is 4.01. The summed E-state index contributed by atoms with van der Waals surface area (Å²) in [6.45, 7) is 4.21. The molecule has 0 saturated heterocycles. The first kappa shape index (κ1) is 21.1. The summed E-state index contributed by atoms with van der Waals surface area (Å²) in [5.74, 6) is -5.77. The second-order valence-corrected chi connectivity index (χ2v) is 7.24. The molecule has 2 aromatic carbocycles. The van der Waals surface area contributed by atoms with Crippen LogP contribution in [0, 0.1) is 38.2 Å². The maximum atomic E-state index is 14.3. The molecule has 27 heavy (non-hydrogen) atoms. The fourth-order valence-corrected chi connectivity index (χ4v) is 4.02. The molecule has 0 heterocycles. The maximum absolute atomic E-state index is 14.3. The summed E-state index contributed by atoms with van der Waals surface area (Å²) in [7, 11) is -3.75. The highest BCUT2D eigenvalue weighted by Gasteiger charge is 2.44. The van der Waals surface area contributed by atoms with Crippen LogP contribution in [-0.4, -0.2) is 15.5 Å². The molecule has 0 fully saturated rings. The first-order valence-corrected chi connectivity index (χ1v) is 8.86. The Morgan fingerprint density at radius 2 is 1.56 bits per heavy atom. The fraction of sp³-hybridized carbons (Fsp3) is 0.294. The molecule has 148 valence electrons. The lowest BCUT2D eigenvalue weighted by Crippen LogP contribution is -2.26. The average molecular weight is 410 g/mol. The van der Waals surface area contributed by atoms with E-state index in [9.17, 15) is 30.4 Å². The van der Waals surface area contributed by atoms with E-state index in [1.807, 2.05) is 0 Å². The molecule has 0 atom stereocenters. The molecule has 0 saturated carbocycles. The number of alkyl halides is 2. The Kier molecular flexibility index (Phi) is 5.53. The van der Waals surface area contributed by atoms with E-state index in [2.05, 4.69) is 4.18 Å². The molecule has 2 aromatic rings. The lowest BCUT2D eigenvalue weighted by atomic mass is 10.1. The van der Waals surface area contributed by atoms with Gasteiger partial charge in [0.1, 0.15) is 10.6 Å². The molecule has 0 aliphatic heterocycles. The van der Waals surface area contributed by atoms with Crippen LogP contribution in [0.1, 0.15) is 22.3 Å². The monoisotopic (exact) mass is 410 g/mol. The first-order chi connectivity index (χ1) is 12.3. The largest absolute Gasteiger partial charge is 0.496 e. The minimum Gasteiger partial charge on any atom is -0.496 e. The van der Waals surface area contributed by atoms with Gasteiger partial charge in [-0.1, -0.05) is 0 Å². The van der Waals surface area contributed by atoms with Gasteiger partial charge >= 0.3 is 16.2 Å². The van der Waals surface area contributed by atoms with E-state index in [0.29, 0.717) is 11.3 Å². The quantitative estimate of drug-likeness (QED) is 0.414.